The van der Waals surface area contributed by atoms with Crippen LogP contribution >= 0.6 is 11.3 Å². The molecule has 0 N–H and O–H groups in total. The molecule has 2 aromatic carbocycles. The van der Waals surface area contributed by atoms with Gasteiger partial charge < -0.3 is 4.42 Å². The molecule has 0 radical (unpaired) electrons. The molecular weight excluding hydrogens is 254 g/mol. The largest absolute Gasteiger partial charge is 0.461 e. The first kappa shape index (κ1) is 10.8. The van der Waals surface area contributed by atoms with Gasteiger partial charge in [0.2, 0.25) is 0 Å². The van der Waals surface area contributed by atoms with Crippen molar-refractivity contribution >= 4 is 32.3 Å². The van der Waals surface area contributed by atoms with E-state index in [1.54, 1.807) is 17.6 Å². The summed E-state index contributed by atoms with van der Waals surface area (Å²) in [4.78, 5) is 4.73. The number of benzene rings is 2. The molecule has 0 saturated heterocycles. The van der Waals surface area contributed by atoms with Gasteiger partial charge in [0.1, 0.15) is 0 Å². The minimum atomic E-state index is 0.871. The molecule has 0 aliphatic rings. The number of furan rings is 1. The van der Waals surface area contributed by atoms with Crippen LogP contribution in [-0.4, -0.2) is 4.98 Å². The maximum atomic E-state index is 5.72. The highest BCUT2D eigenvalue weighted by molar-refractivity contribution is 7.21. The number of rotatable bonds is 1. The molecule has 2 nitrogen and oxygen atoms in total. The van der Waals surface area contributed by atoms with Gasteiger partial charge >= 0.3 is 0 Å². The van der Waals surface area contributed by atoms with E-state index in [9.17, 15) is 0 Å². The second-order valence-corrected chi connectivity index (χ2v) is 5.62. The first-order valence-corrected chi connectivity index (χ1v) is 6.97. The van der Waals surface area contributed by atoms with Crippen molar-refractivity contribution in [2.24, 2.45) is 0 Å². The van der Waals surface area contributed by atoms with Crippen LogP contribution in [0.25, 0.3) is 31.8 Å². The van der Waals surface area contributed by atoms with Crippen LogP contribution in [0.5, 0.6) is 0 Å². The molecule has 2 heterocycles. The Morgan fingerprint density at radius 3 is 2.84 bits per heavy atom. The standard InChI is InChI=1S/C16H11NOS/c1-10-5-4-8-13-14(10)17-16(19-13)15-12-7-3-2-6-11(12)9-18-15/h2-9H,1H3. The molecule has 0 atom stereocenters. The molecule has 0 saturated carbocycles. The van der Waals surface area contributed by atoms with E-state index < -0.39 is 0 Å². The summed E-state index contributed by atoms with van der Waals surface area (Å²) in [5.74, 6) is 0.871. The summed E-state index contributed by atoms with van der Waals surface area (Å²) in [5.41, 5.74) is 2.28. The van der Waals surface area contributed by atoms with Crippen LogP contribution in [0.1, 0.15) is 5.56 Å². The molecule has 3 heteroatoms. The Morgan fingerprint density at radius 2 is 1.95 bits per heavy atom. The van der Waals surface area contributed by atoms with Gasteiger partial charge in [-0.3, -0.25) is 0 Å². The highest BCUT2D eigenvalue weighted by Gasteiger charge is 2.13. The van der Waals surface area contributed by atoms with Crippen LogP contribution in [0.15, 0.2) is 53.1 Å². The number of para-hydroxylation sites is 1. The molecule has 4 aromatic rings. The van der Waals surface area contributed by atoms with Gasteiger partial charge in [0, 0.05) is 10.8 Å². The zero-order valence-corrected chi connectivity index (χ0v) is 11.2. The maximum absolute atomic E-state index is 5.72. The third-order valence-electron chi connectivity index (χ3n) is 3.32. The maximum Gasteiger partial charge on any atom is 0.170 e. The number of hydrogen-bond donors (Lipinski definition) is 0. The van der Waals surface area contributed by atoms with Gasteiger partial charge in [-0.1, -0.05) is 36.4 Å². The van der Waals surface area contributed by atoms with E-state index in [0.717, 1.165) is 27.1 Å². The van der Waals surface area contributed by atoms with Crippen LogP contribution in [0.4, 0.5) is 0 Å². The van der Waals surface area contributed by atoms with Crippen LogP contribution in [0.2, 0.25) is 0 Å². The second-order valence-electron chi connectivity index (χ2n) is 4.59. The van der Waals surface area contributed by atoms with E-state index in [4.69, 9.17) is 9.40 Å². The van der Waals surface area contributed by atoms with Crippen molar-refractivity contribution in [3.05, 3.63) is 54.3 Å². The first-order valence-electron chi connectivity index (χ1n) is 6.16. The summed E-state index contributed by atoms with van der Waals surface area (Å²) >= 11 is 1.68. The molecule has 19 heavy (non-hydrogen) atoms. The molecule has 0 aliphatic carbocycles. The molecule has 0 aliphatic heterocycles. The lowest BCUT2D eigenvalue weighted by atomic mass is 10.2. The van der Waals surface area contributed by atoms with Crippen LogP contribution < -0.4 is 0 Å². The van der Waals surface area contributed by atoms with Crippen molar-refractivity contribution in [1.29, 1.82) is 0 Å². The molecule has 0 bridgehead atoms. The molecule has 0 amide bonds. The summed E-state index contributed by atoms with van der Waals surface area (Å²) in [6.45, 7) is 2.09. The molecule has 92 valence electrons. The molecule has 2 aromatic heterocycles. The third-order valence-corrected chi connectivity index (χ3v) is 4.34. The number of hydrogen-bond acceptors (Lipinski definition) is 3. The van der Waals surface area contributed by atoms with E-state index in [-0.39, 0.29) is 0 Å². The quantitative estimate of drug-likeness (QED) is 0.483. The average molecular weight is 265 g/mol. The lowest BCUT2D eigenvalue weighted by Gasteiger charge is -1.91. The number of fused-ring (bicyclic) bond motifs is 2. The van der Waals surface area contributed by atoms with Crippen molar-refractivity contribution in [2.75, 3.05) is 0 Å². The average Bonchev–Trinajstić information content (AvgIpc) is 3.02. The molecular formula is C16H11NOS. The van der Waals surface area contributed by atoms with Crippen molar-refractivity contribution < 1.29 is 4.42 Å². The molecule has 0 unspecified atom stereocenters. The van der Waals surface area contributed by atoms with Gasteiger partial charge in [-0.25, -0.2) is 4.98 Å². The summed E-state index contributed by atoms with van der Waals surface area (Å²) in [7, 11) is 0. The summed E-state index contributed by atoms with van der Waals surface area (Å²) in [6.07, 6.45) is 1.80. The molecule has 0 spiro atoms. The van der Waals surface area contributed by atoms with E-state index in [2.05, 4.69) is 37.3 Å². The van der Waals surface area contributed by atoms with Gasteiger partial charge in [0.05, 0.1) is 16.5 Å². The number of aryl methyl sites for hydroxylation is 1. The number of thiazole rings is 1. The molecule has 0 fully saturated rings. The van der Waals surface area contributed by atoms with Gasteiger partial charge in [0.15, 0.2) is 10.8 Å². The predicted molar refractivity (Wildman–Crippen MR) is 79.6 cm³/mol. The van der Waals surface area contributed by atoms with E-state index >= 15 is 0 Å². The number of aromatic nitrogens is 1. The number of nitrogens with zero attached hydrogens (tertiary/aromatic N) is 1. The Balaban J connectivity index is 2.02. The highest BCUT2D eigenvalue weighted by atomic mass is 32.1. The van der Waals surface area contributed by atoms with Gasteiger partial charge in [-0.2, -0.15) is 0 Å². The summed E-state index contributed by atoms with van der Waals surface area (Å²) < 4.78 is 6.92. The Labute approximate surface area is 114 Å². The zero-order chi connectivity index (χ0) is 12.8. The minimum absolute atomic E-state index is 0.871. The minimum Gasteiger partial charge on any atom is -0.461 e. The Kier molecular flexibility index (Phi) is 2.23. The van der Waals surface area contributed by atoms with E-state index in [1.807, 2.05) is 12.1 Å². The Morgan fingerprint density at radius 1 is 1.05 bits per heavy atom. The SMILES string of the molecule is Cc1cccc2sc(-c3occ4ccccc34)nc12. The topological polar surface area (TPSA) is 26.0 Å². The smallest absolute Gasteiger partial charge is 0.170 e. The summed E-state index contributed by atoms with van der Waals surface area (Å²) in [6, 6.07) is 14.4. The van der Waals surface area contributed by atoms with Gasteiger partial charge in [0.25, 0.3) is 0 Å². The predicted octanol–water partition coefficient (Wildman–Crippen LogP) is 5.02. The van der Waals surface area contributed by atoms with Crippen LogP contribution in [0.3, 0.4) is 0 Å². The first-order chi connectivity index (χ1) is 9.33. The van der Waals surface area contributed by atoms with E-state index in [0.29, 0.717) is 0 Å². The van der Waals surface area contributed by atoms with Crippen molar-refractivity contribution in [2.45, 2.75) is 6.92 Å². The van der Waals surface area contributed by atoms with Crippen LogP contribution in [0, 0.1) is 6.92 Å². The fourth-order valence-electron chi connectivity index (χ4n) is 2.34. The lowest BCUT2D eigenvalue weighted by Crippen LogP contribution is -1.76. The highest BCUT2D eigenvalue weighted by Crippen LogP contribution is 2.36. The van der Waals surface area contributed by atoms with E-state index in [1.165, 1.54) is 10.3 Å². The zero-order valence-electron chi connectivity index (χ0n) is 10.4. The Bertz CT molecular complexity index is 888. The fraction of sp³-hybridized carbons (Fsp3) is 0.0625. The van der Waals surface area contributed by atoms with Crippen molar-refractivity contribution in [1.82, 2.24) is 4.98 Å². The second kappa shape index (κ2) is 3.93. The Hall–Kier alpha value is -2.13. The molecule has 4 rings (SSSR count). The normalized spacial score (nSPS) is 11.4. The van der Waals surface area contributed by atoms with Crippen LogP contribution in [-0.2, 0) is 0 Å². The summed E-state index contributed by atoms with van der Waals surface area (Å²) in [5, 5.41) is 3.19. The lowest BCUT2D eigenvalue weighted by molar-refractivity contribution is 0.587. The third kappa shape index (κ3) is 1.59. The fourth-order valence-corrected chi connectivity index (χ4v) is 3.39. The van der Waals surface area contributed by atoms with Gasteiger partial charge in [-0.05, 0) is 18.6 Å². The van der Waals surface area contributed by atoms with Crippen molar-refractivity contribution in [3.8, 4) is 10.8 Å². The van der Waals surface area contributed by atoms with Gasteiger partial charge in [-0.15, -0.1) is 11.3 Å². The monoisotopic (exact) mass is 265 g/mol. The van der Waals surface area contributed by atoms with Crippen molar-refractivity contribution in [3.63, 3.8) is 0 Å².